The van der Waals surface area contributed by atoms with Gasteiger partial charge in [0.2, 0.25) is 6.79 Å². The Hall–Kier alpha value is -3.12. The minimum absolute atomic E-state index is 0.230. The van der Waals surface area contributed by atoms with Crippen LogP contribution in [-0.4, -0.2) is 26.4 Å². The molecule has 0 aliphatic carbocycles. The standard InChI is InChI=1S/C19H13ClN4O2/c1-11-3-2-4-13(21-11)19-18(22-17-8-7-16(20)23-24(17)19)12-5-6-14-15(9-12)26-10-25-14/h2-9H,10H2,1H3. The summed E-state index contributed by atoms with van der Waals surface area (Å²) >= 11 is 6.12. The van der Waals surface area contributed by atoms with Gasteiger partial charge in [-0.2, -0.15) is 5.10 Å². The minimum atomic E-state index is 0.230. The van der Waals surface area contributed by atoms with Crippen LogP contribution in [0, 0.1) is 6.92 Å². The van der Waals surface area contributed by atoms with Gasteiger partial charge in [0.25, 0.3) is 0 Å². The van der Waals surface area contributed by atoms with E-state index in [1.165, 1.54) is 0 Å². The van der Waals surface area contributed by atoms with E-state index in [1.54, 1.807) is 10.6 Å². The molecule has 3 aromatic heterocycles. The van der Waals surface area contributed by atoms with E-state index in [0.29, 0.717) is 16.5 Å². The summed E-state index contributed by atoms with van der Waals surface area (Å²) in [5.41, 5.74) is 4.83. The summed E-state index contributed by atoms with van der Waals surface area (Å²) in [5.74, 6) is 1.43. The molecular formula is C19H13ClN4O2. The molecule has 0 amide bonds. The van der Waals surface area contributed by atoms with E-state index in [9.17, 15) is 0 Å². The van der Waals surface area contributed by atoms with Crippen LogP contribution in [0.5, 0.6) is 11.5 Å². The Morgan fingerprint density at radius 2 is 1.88 bits per heavy atom. The molecule has 1 aliphatic rings. The molecule has 6 nitrogen and oxygen atoms in total. The van der Waals surface area contributed by atoms with Crippen LogP contribution in [0.25, 0.3) is 28.3 Å². The lowest BCUT2D eigenvalue weighted by Crippen LogP contribution is -1.97. The third-order valence-electron chi connectivity index (χ3n) is 4.22. The van der Waals surface area contributed by atoms with Crippen LogP contribution in [-0.2, 0) is 0 Å². The predicted octanol–water partition coefficient (Wildman–Crippen LogP) is 4.15. The summed E-state index contributed by atoms with van der Waals surface area (Å²) in [6.45, 7) is 2.18. The molecule has 5 rings (SSSR count). The van der Waals surface area contributed by atoms with Crippen molar-refractivity contribution in [1.29, 1.82) is 0 Å². The number of ether oxygens (including phenoxy) is 2. The molecule has 0 atom stereocenters. The van der Waals surface area contributed by atoms with Crippen LogP contribution in [0.4, 0.5) is 0 Å². The number of pyridine rings is 1. The van der Waals surface area contributed by atoms with Crippen LogP contribution in [0.1, 0.15) is 5.69 Å². The second kappa shape index (κ2) is 5.71. The van der Waals surface area contributed by atoms with Gasteiger partial charge < -0.3 is 9.47 Å². The predicted molar refractivity (Wildman–Crippen MR) is 97.5 cm³/mol. The Morgan fingerprint density at radius 3 is 2.77 bits per heavy atom. The first-order chi connectivity index (χ1) is 12.7. The molecule has 7 heteroatoms. The fraction of sp³-hybridized carbons (Fsp3) is 0.105. The van der Waals surface area contributed by atoms with Gasteiger partial charge in [-0.3, -0.25) is 4.98 Å². The van der Waals surface area contributed by atoms with E-state index in [-0.39, 0.29) is 6.79 Å². The number of aromatic nitrogens is 4. The highest BCUT2D eigenvalue weighted by Gasteiger charge is 2.21. The van der Waals surface area contributed by atoms with Crippen LogP contribution in [0.3, 0.4) is 0 Å². The maximum Gasteiger partial charge on any atom is 0.231 e. The molecule has 1 aromatic carbocycles. The number of nitrogens with zero attached hydrogens (tertiary/aromatic N) is 4. The van der Waals surface area contributed by atoms with Crippen molar-refractivity contribution in [2.45, 2.75) is 6.92 Å². The highest BCUT2D eigenvalue weighted by molar-refractivity contribution is 6.29. The lowest BCUT2D eigenvalue weighted by molar-refractivity contribution is 0.174. The van der Waals surface area contributed by atoms with Gasteiger partial charge in [0.05, 0.1) is 5.69 Å². The zero-order chi connectivity index (χ0) is 17.7. The Labute approximate surface area is 154 Å². The highest BCUT2D eigenvalue weighted by atomic mass is 35.5. The Kier molecular flexibility index (Phi) is 3.33. The summed E-state index contributed by atoms with van der Waals surface area (Å²) < 4.78 is 12.6. The lowest BCUT2D eigenvalue weighted by Gasteiger charge is -2.06. The number of fused-ring (bicyclic) bond motifs is 2. The number of benzene rings is 1. The fourth-order valence-corrected chi connectivity index (χ4v) is 3.20. The molecule has 26 heavy (non-hydrogen) atoms. The van der Waals surface area contributed by atoms with Gasteiger partial charge in [0.1, 0.15) is 16.5 Å². The average molecular weight is 365 g/mol. The molecular weight excluding hydrogens is 352 g/mol. The van der Waals surface area contributed by atoms with E-state index in [4.69, 9.17) is 26.1 Å². The topological polar surface area (TPSA) is 61.5 Å². The third kappa shape index (κ3) is 2.38. The van der Waals surface area contributed by atoms with Crippen LogP contribution >= 0.6 is 11.6 Å². The van der Waals surface area contributed by atoms with Crippen molar-refractivity contribution < 1.29 is 9.47 Å². The van der Waals surface area contributed by atoms with Crippen molar-refractivity contribution >= 4 is 17.2 Å². The highest BCUT2D eigenvalue weighted by Crippen LogP contribution is 2.38. The van der Waals surface area contributed by atoms with E-state index in [2.05, 4.69) is 10.1 Å². The van der Waals surface area contributed by atoms with Crippen molar-refractivity contribution in [3.8, 4) is 34.1 Å². The number of rotatable bonds is 2. The summed E-state index contributed by atoms with van der Waals surface area (Å²) in [6, 6.07) is 15.2. The van der Waals surface area contributed by atoms with Gasteiger partial charge in [-0.15, -0.1) is 0 Å². The van der Waals surface area contributed by atoms with Crippen molar-refractivity contribution in [2.24, 2.45) is 0 Å². The lowest BCUT2D eigenvalue weighted by atomic mass is 10.1. The number of halogens is 1. The molecule has 0 N–H and O–H groups in total. The van der Waals surface area contributed by atoms with Gasteiger partial charge >= 0.3 is 0 Å². The normalized spacial score (nSPS) is 12.7. The van der Waals surface area contributed by atoms with E-state index in [0.717, 1.165) is 34.1 Å². The van der Waals surface area contributed by atoms with Gasteiger partial charge in [-0.05, 0) is 49.4 Å². The molecule has 4 heterocycles. The van der Waals surface area contributed by atoms with Crippen molar-refractivity contribution in [1.82, 2.24) is 19.6 Å². The third-order valence-corrected chi connectivity index (χ3v) is 4.42. The smallest absolute Gasteiger partial charge is 0.231 e. The first kappa shape index (κ1) is 15.2. The minimum Gasteiger partial charge on any atom is -0.454 e. The summed E-state index contributed by atoms with van der Waals surface area (Å²) in [4.78, 5) is 9.42. The first-order valence-electron chi connectivity index (χ1n) is 8.08. The number of hydrogen-bond acceptors (Lipinski definition) is 5. The maximum atomic E-state index is 6.12. The second-order valence-electron chi connectivity index (χ2n) is 5.97. The van der Waals surface area contributed by atoms with Crippen LogP contribution < -0.4 is 9.47 Å². The zero-order valence-electron chi connectivity index (χ0n) is 13.8. The van der Waals surface area contributed by atoms with Gasteiger partial charge in [0, 0.05) is 11.3 Å². The fourth-order valence-electron chi connectivity index (χ4n) is 3.06. The number of hydrogen-bond donors (Lipinski definition) is 0. The molecule has 0 saturated carbocycles. The van der Waals surface area contributed by atoms with E-state index in [1.807, 2.05) is 49.4 Å². The SMILES string of the molecule is Cc1cccc(-c2c(-c3ccc4c(c3)OCO4)nc3ccc(Cl)nn23)n1. The average Bonchev–Trinajstić information content (AvgIpc) is 3.24. The molecule has 0 radical (unpaired) electrons. The molecule has 0 fully saturated rings. The molecule has 128 valence electrons. The monoisotopic (exact) mass is 364 g/mol. The Balaban J connectivity index is 1.81. The largest absolute Gasteiger partial charge is 0.454 e. The van der Waals surface area contributed by atoms with Crippen molar-refractivity contribution in [3.05, 3.63) is 59.4 Å². The molecule has 0 saturated heterocycles. The van der Waals surface area contributed by atoms with Crippen LogP contribution in [0.15, 0.2) is 48.5 Å². The molecule has 0 spiro atoms. The summed E-state index contributed by atoms with van der Waals surface area (Å²) in [5, 5.41) is 4.81. The van der Waals surface area contributed by atoms with Gasteiger partial charge in [-0.25, -0.2) is 9.50 Å². The Morgan fingerprint density at radius 1 is 1.00 bits per heavy atom. The van der Waals surface area contributed by atoms with Crippen molar-refractivity contribution in [2.75, 3.05) is 6.79 Å². The summed E-state index contributed by atoms with van der Waals surface area (Å²) in [7, 11) is 0. The maximum absolute atomic E-state index is 6.12. The van der Waals surface area contributed by atoms with Gasteiger partial charge in [-0.1, -0.05) is 17.7 Å². The first-order valence-corrected chi connectivity index (χ1v) is 8.46. The van der Waals surface area contributed by atoms with E-state index < -0.39 is 0 Å². The number of imidazole rings is 1. The van der Waals surface area contributed by atoms with E-state index >= 15 is 0 Å². The molecule has 1 aliphatic heterocycles. The Bertz CT molecular complexity index is 1160. The number of aryl methyl sites for hydroxylation is 1. The van der Waals surface area contributed by atoms with Crippen molar-refractivity contribution in [3.63, 3.8) is 0 Å². The molecule has 0 bridgehead atoms. The van der Waals surface area contributed by atoms with Gasteiger partial charge in [0.15, 0.2) is 17.1 Å². The zero-order valence-corrected chi connectivity index (χ0v) is 14.6. The van der Waals surface area contributed by atoms with Crippen LogP contribution in [0.2, 0.25) is 5.15 Å². The molecule has 4 aromatic rings. The summed E-state index contributed by atoms with van der Waals surface area (Å²) in [6.07, 6.45) is 0. The quantitative estimate of drug-likeness (QED) is 0.534. The second-order valence-corrected chi connectivity index (χ2v) is 6.35. The molecule has 0 unspecified atom stereocenters.